The molecule has 0 bridgehead atoms. The van der Waals surface area contributed by atoms with Gasteiger partial charge in [0.2, 0.25) is 5.91 Å². The number of carbonyl (C=O) groups is 1. The van der Waals surface area contributed by atoms with E-state index < -0.39 is 4.92 Å². The molecule has 0 fully saturated rings. The van der Waals surface area contributed by atoms with E-state index in [-0.39, 0.29) is 18.0 Å². The molecule has 7 nitrogen and oxygen atoms in total. The predicted octanol–water partition coefficient (Wildman–Crippen LogP) is 3.42. The maximum atomic E-state index is 11.8. The molecule has 2 rings (SSSR count). The van der Waals surface area contributed by atoms with Crippen molar-refractivity contribution in [1.29, 1.82) is 0 Å². The van der Waals surface area contributed by atoms with Gasteiger partial charge in [-0.25, -0.2) is 5.43 Å². The van der Waals surface area contributed by atoms with Gasteiger partial charge in [0.15, 0.2) is 0 Å². The van der Waals surface area contributed by atoms with Crippen LogP contribution in [0.4, 0.5) is 5.69 Å². The van der Waals surface area contributed by atoms with E-state index in [9.17, 15) is 14.9 Å². The molecule has 2 aromatic carbocycles. The molecule has 0 heterocycles. The van der Waals surface area contributed by atoms with Crippen molar-refractivity contribution in [2.75, 3.05) is 6.61 Å². The first kappa shape index (κ1) is 19.1. The lowest BCUT2D eigenvalue weighted by molar-refractivity contribution is -0.384. The largest absolute Gasteiger partial charge is 0.490 e. The lowest BCUT2D eigenvalue weighted by atomic mass is 10.1. The summed E-state index contributed by atoms with van der Waals surface area (Å²) in [5.41, 5.74) is 5.24. The molecule has 0 aliphatic heterocycles. The van der Waals surface area contributed by atoms with Gasteiger partial charge in [-0.3, -0.25) is 14.9 Å². The smallest absolute Gasteiger partial charge is 0.269 e. The Labute approximate surface area is 155 Å². The van der Waals surface area contributed by atoms with Crippen molar-refractivity contribution in [3.63, 3.8) is 0 Å². The third-order valence-electron chi connectivity index (χ3n) is 3.23. The summed E-state index contributed by atoms with van der Waals surface area (Å²) in [6, 6.07) is 13.0. The zero-order valence-corrected chi connectivity index (χ0v) is 14.4. The van der Waals surface area contributed by atoms with Crippen LogP contribution in [0.25, 0.3) is 0 Å². The third kappa shape index (κ3) is 6.37. The average molecular weight is 374 g/mol. The number of amides is 1. The molecule has 0 aliphatic rings. The number of nitro benzene ring substituents is 1. The van der Waals surface area contributed by atoms with Crippen molar-refractivity contribution in [1.82, 2.24) is 5.43 Å². The van der Waals surface area contributed by atoms with E-state index in [1.165, 1.54) is 23.9 Å². The van der Waals surface area contributed by atoms with Gasteiger partial charge in [0, 0.05) is 17.7 Å². The number of ether oxygens (including phenoxy) is 1. The molecular formula is C18H16ClN3O4. The summed E-state index contributed by atoms with van der Waals surface area (Å²) in [5.74, 6) is 0.377. The Balaban J connectivity index is 1.81. The van der Waals surface area contributed by atoms with Crippen molar-refractivity contribution in [2.24, 2.45) is 5.10 Å². The van der Waals surface area contributed by atoms with Crippen molar-refractivity contribution >= 4 is 29.4 Å². The number of nitro groups is 1. The normalized spacial score (nSPS) is 11.0. The zero-order chi connectivity index (χ0) is 18.8. The number of hydrogen-bond donors (Lipinski definition) is 1. The standard InChI is InChI=1S/C18H16ClN3O4/c19-10-1-11-26-17-8-4-15(5-9-17)13-20-21-18(23)12-14-2-6-16(7-3-14)22(24)25/h1-10,13H,11-12H2,(H,21,23). The van der Waals surface area contributed by atoms with Gasteiger partial charge < -0.3 is 4.74 Å². The number of non-ortho nitro benzene ring substituents is 1. The SMILES string of the molecule is O=C(Cc1ccc([N+](=O)[O-])cc1)NN=Cc1ccc(OCC=CCl)cc1. The van der Waals surface area contributed by atoms with E-state index in [4.69, 9.17) is 16.3 Å². The van der Waals surface area contributed by atoms with Crippen LogP contribution in [-0.4, -0.2) is 23.7 Å². The van der Waals surface area contributed by atoms with Gasteiger partial charge in [0.05, 0.1) is 17.6 Å². The molecule has 0 unspecified atom stereocenters. The molecule has 0 aromatic heterocycles. The lowest BCUT2D eigenvalue weighted by Gasteiger charge is -2.03. The molecule has 1 N–H and O–H groups in total. The van der Waals surface area contributed by atoms with E-state index in [1.54, 1.807) is 42.5 Å². The van der Waals surface area contributed by atoms with E-state index >= 15 is 0 Å². The summed E-state index contributed by atoms with van der Waals surface area (Å²) >= 11 is 5.41. The molecule has 8 heteroatoms. The summed E-state index contributed by atoms with van der Waals surface area (Å²) in [4.78, 5) is 21.9. The topological polar surface area (TPSA) is 93.8 Å². The third-order valence-corrected chi connectivity index (χ3v) is 3.41. The molecule has 0 radical (unpaired) electrons. The summed E-state index contributed by atoms with van der Waals surface area (Å²) in [5, 5.41) is 14.5. The van der Waals surface area contributed by atoms with Crippen molar-refractivity contribution in [2.45, 2.75) is 6.42 Å². The van der Waals surface area contributed by atoms with Gasteiger partial charge in [-0.15, -0.1) is 0 Å². The molecule has 2 aromatic rings. The van der Waals surface area contributed by atoms with E-state index in [1.807, 2.05) is 0 Å². The number of rotatable bonds is 8. The molecule has 1 amide bonds. The molecule has 0 aliphatic carbocycles. The second-order valence-corrected chi connectivity index (χ2v) is 5.39. The number of hydrazone groups is 1. The first-order valence-electron chi connectivity index (χ1n) is 7.62. The predicted molar refractivity (Wildman–Crippen MR) is 99.5 cm³/mol. The second kappa shape index (κ2) is 9.95. The van der Waals surface area contributed by atoms with Crippen LogP contribution in [0.3, 0.4) is 0 Å². The first-order valence-corrected chi connectivity index (χ1v) is 8.05. The monoisotopic (exact) mass is 373 g/mol. The first-order chi connectivity index (χ1) is 12.6. The molecule has 134 valence electrons. The molecule has 0 saturated carbocycles. The Morgan fingerprint density at radius 2 is 1.88 bits per heavy atom. The van der Waals surface area contributed by atoms with Crippen LogP contribution in [-0.2, 0) is 11.2 Å². The highest BCUT2D eigenvalue weighted by Gasteiger charge is 2.06. The van der Waals surface area contributed by atoms with E-state index in [0.29, 0.717) is 17.9 Å². The van der Waals surface area contributed by atoms with E-state index in [2.05, 4.69) is 10.5 Å². The van der Waals surface area contributed by atoms with Gasteiger partial charge in [0.25, 0.3) is 5.69 Å². The van der Waals surface area contributed by atoms with Crippen LogP contribution in [0, 0.1) is 10.1 Å². The minimum Gasteiger partial charge on any atom is -0.490 e. The number of halogens is 1. The quantitative estimate of drug-likeness (QED) is 0.436. The molecule has 0 atom stereocenters. The van der Waals surface area contributed by atoms with Crippen LogP contribution < -0.4 is 10.2 Å². The Morgan fingerprint density at radius 1 is 1.19 bits per heavy atom. The maximum absolute atomic E-state index is 11.8. The van der Waals surface area contributed by atoms with Crippen LogP contribution >= 0.6 is 11.6 Å². The number of nitrogens with zero attached hydrogens (tertiary/aromatic N) is 2. The van der Waals surface area contributed by atoms with Crippen LogP contribution in [0.5, 0.6) is 5.75 Å². The fraction of sp³-hybridized carbons (Fsp3) is 0.111. The van der Waals surface area contributed by atoms with Gasteiger partial charge in [-0.1, -0.05) is 23.7 Å². The Hall–Kier alpha value is -3.19. The van der Waals surface area contributed by atoms with Crippen molar-refractivity contribution < 1.29 is 14.5 Å². The van der Waals surface area contributed by atoms with Gasteiger partial charge in [-0.2, -0.15) is 5.10 Å². The second-order valence-electron chi connectivity index (χ2n) is 5.14. The van der Waals surface area contributed by atoms with Gasteiger partial charge in [-0.05, 0) is 41.5 Å². The number of benzene rings is 2. The summed E-state index contributed by atoms with van der Waals surface area (Å²) in [6.45, 7) is 0.385. The maximum Gasteiger partial charge on any atom is 0.269 e. The summed E-state index contributed by atoms with van der Waals surface area (Å²) < 4.78 is 5.41. The fourth-order valence-electron chi connectivity index (χ4n) is 1.97. The summed E-state index contributed by atoms with van der Waals surface area (Å²) in [7, 11) is 0. The molecule has 0 spiro atoms. The highest BCUT2D eigenvalue weighted by Crippen LogP contribution is 2.12. The molecule has 26 heavy (non-hydrogen) atoms. The number of carbonyl (C=O) groups excluding carboxylic acids is 1. The number of nitrogens with one attached hydrogen (secondary N) is 1. The number of hydrogen-bond acceptors (Lipinski definition) is 5. The Kier molecular flexibility index (Phi) is 7.32. The Bertz CT molecular complexity index is 802. The van der Waals surface area contributed by atoms with Crippen LogP contribution in [0.15, 0.2) is 65.2 Å². The highest BCUT2D eigenvalue weighted by atomic mass is 35.5. The van der Waals surface area contributed by atoms with Crippen molar-refractivity contribution in [3.05, 3.63) is 81.4 Å². The molecular weight excluding hydrogens is 358 g/mol. The van der Waals surface area contributed by atoms with Gasteiger partial charge >= 0.3 is 0 Å². The minimum absolute atomic E-state index is 0.0155. The molecule has 0 saturated heterocycles. The fourth-order valence-corrected chi connectivity index (χ4v) is 2.04. The van der Waals surface area contributed by atoms with Crippen LogP contribution in [0.2, 0.25) is 0 Å². The highest BCUT2D eigenvalue weighted by molar-refractivity contribution is 6.25. The minimum atomic E-state index is -0.487. The Morgan fingerprint density at radius 3 is 2.50 bits per heavy atom. The van der Waals surface area contributed by atoms with Crippen molar-refractivity contribution in [3.8, 4) is 5.75 Å². The van der Waals surface area contributed by atoms with Gasteiger partial charge in [0.1, 0.15) is 12.4 Å². The average Bonchev–Trinajstić information content (AvgIpc) is 2.63. The van der Waals surface area contributed by atoms with E-state index in [0.717, 1.165) is 5.56 Å². The zero-order valence-electron chi connectivity index (χ0n) is 13.7. The van der Waals surface area contributed by atoms with Crippen LogP contribution in [0.1, 0.15) is 11.1 Å². The lowest BCUT2D eigenvalue weighted by Crippen LogP contribution is -2.19. The summed E-state index contributed by atoms with van der Waals surface area (Å²) in [6.07, 6.45) is 3.27.